The molecule has 112 valence electrons. The van der Waals surface area contributed by atoms with E-state index in [0.29, 0.717) is 19.6 Å². The smallest absolute Gasteiger partial charge is 0.227 e. The summed E-state index contributed by atoms with van der Waals surface area (Å²) in [5, 5.41) is 15.5. The quantitative estimate of drug-likeness (QED) is 0.607. The lowest BCUT2D eigenvalue weighted by Gasteiger charge is -2.31. The molecule has 0 bridgehead atoms. The fourth-order valence-electron chi connectivity index (χ4n) is 2.31. The third-order valence-electron chi connectivity index (χ3n) is 3.94. The first-order valence-corrected chi connectivity index (χ1v) is 7.30. The van der Waals surface area contributed by atoms with Crippen LogP contribution in [0.1, 0.15) is 40.0 Å². The molecule has 0 radical (unpaired) electrons. The zero-order valence-electron chi connectivity index (χ0n) is 12.4. The normalized spacial score (nSPS) is 26.1. The number of amides is 1. The number of ether oxygens (including phenoxy) is 1. The summed E-state index contributed by atoms with van der Waals surface area (Å²) in [5.41, 5.74) is -0.330. The maximum atomic E-state index is 12.4. The number of carbonyl (C=O) groups excluding carboxylic acids is 1. The molecular weight excluding hydrogens is 244 g/mol. The van der Waals surface area contributed by atoms with Crippen molar-refractivity contribution in [3.8, 4) is 0 Å². The summed E-state index contributed by atoms with van der Waals surface area (Å²) in [6.07, 6.45) is 2.43. The molecule has 0 aliphatic carbocycles. The number of nitrogens with one attached hydrogen (secondary N) is 2. The van der Waals surface area contributed by atoms with Gasteiger partial charge in [-0.15, -0.1) is 0 Å². The molecule has 1 heterocycles. The highest BCUT2D eigenvalue weighted by Crippen LogP contribution is 2.19. The molecule has 1 rings (SSSR count). The summed E-state index contributed by atoms with van der Waals surface area (Å²) in [6, 6.07) is 0.107. The Morgan fingerprint density at radius 3 is 2.74 bits per heavy atom. The van der Waals surface area contributed by atoms with E-state index in [1.807, 2.05) is 13.8 Å². The molecule has 5 nitrogen and oxygen atoms in total. The molecule has 3 unspecified atom stereocenters. The maximum absolute atomic E-state index is 12.4. The number of aliphatic hydroxyl groups excluding tert-OH is 1. The highest BCUT2D eigenvalue weighted by molar-refractivity contribution is 5.80. The van der Waals surface area contributed by atoms with Crippen molar-refractivity contribution >= 4 is 5.91 Å². The van der Waals surface area contributed by atoms with Gasteiger partial charge in [0, 0.05) is 18.2 Å². The molecule has 0 aromatic heterocycles. The van der Waals surface area contributed by atoms with Gasteiger partial charge in [0.05, 0.1) is 19.1 Å². The highest BCUT2D eigenvalue weighted by Gasteiger charge is 2.36. The molecule has 0 aromatic rings. The van der Waals surface area contributed by atoms with Gasteiger partial charge in [-0.1, -0.05) is 13.8 Å². The minimum atomic E-state index is -0.330. The SMILES string of the molecule is CCCNC1COCC1C(=O)NC(C)(CC)CCO. The lowest BCUT2D eigenvalue weighted by atomic mass is 9.92. The Hall–Kier alpha value is -0.650. The first kappa shape index (κ1) is 16.4. The Bertz CT molecular complexity index is 286. The molecule has 1 aliphatic rings. The predicted octanol–water partition coefficient (Wildman–Crippen LogP) is 0.668. The van der Waals surface area contributed by atoms with Gasteiger partial charge in [0.2, 0.25) is 5.91 Å². The fourth-order valence-corrected chi connectivity index (χ4v) is 2.31. The third kappa shape index (κ3) is 4.75. The molecular formula is C14H28N2O3. The molecule has 0 saturated carbocycles. The predicted molar refractivity (Wildman–Crippen MR) is 74.9 cm³/mol. The van der Waals surface area contributed by atoms with Crippen LogP contribution in [0.15, 0.2) is 0 Å². The molecule has 1 amide bonds. The minimum Gasteiger partial charge on any atom is -0.396 e. The summed E-state index contributed by atoms with van der Waals surface area (Å²) in [5.74, 6) is -0.0972. The van der Waals surface area contributed by atoms with Crippen LogP contribution >= 0.6 is 0 Å². The summed E-state index contributed by atoms with van der Waals surface area (Å²) < 4.78 is 5.42. The number of carbonyl (C=O) groups is 1. The lowest BCUT2D eigenvalue weighted by Crippen LogP contribution is -2.52. The van der Waals surface area contributed by atoms with Gasteiger partial charge in [-0.05, 0) is 32.7 Å². The van der Waals surface area contributed by atoms with Gasteiger partial charge >= 0.3 is 0 Å². The van der Waals surface area contributed by atoms with E-state index in [0.717, 1.165) is 19.4 Å². The van der Waals surface area contributed by atoms with E-state index in [1.165, 1.54) is 0 Å². The topological polar surface area (TPSA) is 70.6 Å². The molecule has 3 atom stereocenters. The Kier molecular flexibility index (Phi) is 6.75. The summed E-state index contributed by atoms with van der Waals surface area (Å²) in [7, 11) is 0. The van der Waals surface area contributed by atoms with Crippen molar-refractivity contribution in [2.24, 2.45) is 5.92 Å². The van der Waals surface area contributed by atoms with E-state index in [-0.39, 0.29) is 30.0 Å². The van der Waals surface area contributed by atoms with Crippen LogP contribution in [0.2, 0.25) is 0 Å². The van der Waals surface area contributed by atoms with E-state index in [2.05, 4.69) is 17.6 Å². The molecule has 5 heteroatoms. The van der Waals surface area contributed by atoms with Crippen molar-refractivity contribution < 1.29 is 14.6 Å². The zero-order valence-corrected chi connectivity index (χ0v) is 12.4. The largest absolute Gasteiger partial charge is 0.396 e. The monoisotopic (exact) mass is 272 g/mol. The van der Waals surface area contributed by atoms with E-state index >= 15 is 0 Å². The van der Waals surface area contributed by atoms with Crippen LogP contribution in [0.25, 0.3) is 0 Å². The van der Waals surface area contributed by atoms with Crippen LogP contribution in [-0.2, 0) is 9.53 Å². The van der Waals surface area contributed by atoms with Crippen molar-refractivity contribution in [1.82, 2.24) is 10.6 Å². The number of hydrogen-bond donors (Lipinski definition) is 3. The molecule has 19 heavy (non-hydrogen) atoms. The van der Waals surface area contributed by atoms with E-state index < -0.39 is 0 Å². The number of hydrogen-bond acceptors (Lipinski definition) is 4. The molecule has 1 saturated heterocycles. The average molecular weight is 272 g/mol. The van der Waals surface area contributed by atoms with Crippen LogP contribution < -0.4 is 10.6 Å². The van der Waals surface area contributed by atoms with Crippen molar-refractivity contribution in [2.45, 2.75) is 51.6 Å². The van der Waals surface area contributed by atoms with E-state index in [1.54, 1.807) is 0 Å². The number of rotatable bonds is 8. The molecule has 0 aromatic carbocycles. The number of aliphatic hydroxyl groups is 1. The molecule has 3 N–H and O–H groups in total. The highest BCUT2D eigenvalue weighted by atomic mass is 16.5. The van der Waals surface area contributed by atoms with Crippen LogP contribution in [-0.4, -0.2) is 49.0 Å². The molecule has 1 fully saturated rings. The summed E-state index contributed by atoms with van der Waals surface area (Å²) >= 11 is 0. The molecule has 1 aliphatic heterocycles. The van der Waals surface area contributed by atoms with Crippen LogP contribution in [0.3, 0.4) is 0 Å². The van der Waals surface area contributed by atoms with Crippen LogP contribution in [0.5, 0.6) is 0 Å². The fraction of sp³-hybridized carbons (Fsp3) is 0.929. The second-order valence-corrected chi connectivity index (χ2v) is 5.58. The van der Waals surface area contributed by atoms with Gasteiger partial charge < -0.3 is 20.5 Å². The van der Waals surface area contributed by atoms with Crippen LogP contribution in [0, 0.1) is 5.92 Å². The van der Waals surface area contributed by atoms with E-state index in [4.69, 9.17) is 9.84 Å². The Labute approximate surface area is 116 Å². The molecule has 0 spiro atoms. The van der Waals surface area contributed by atoms with Gasteiger partial charge in [0.15, 0.2) is 0 Å². The van der Waals surface area contributed by atoms with Gasteiger partial charge in [0.1, 0.15) is 0 Å². The second-order valence-electron chi connectivity index (χ2n) is 5.58. The Balaban J connectivity index is 2.55. The standard InChI is InChI=1S/C14H28N2O3/c1-4-7-15-12-10-19-9-11(12)13(18)16-14(3,5-2)6-8-17/h11-12,15,17H,4-10H2,1-3H3,(H,16,18). The second kappa shape index (κ2) is 7.82. The van der Waals surface area contributed by atoms with E-state index in [9.17, 15) is 4.79 Å². The Morgan fingerprint density at radius 2 is 2.16 bits per heavy atom. The van der Waals surface area contributed by atoms with Crippen molar-refractivity contribution in [2.75, 3.05) is 26.4 Å². The van der Waals surface area contributed by atoms with Gasteiger partial charge in [-0.3, -0.25) is 4.79 Å². The van der Waals surface area contributed by atoms with Gasteiger partial charge in [-0.25, -0.2) is 0 Å². The van der Waals surface area contributed by atoms with Gasteiger partial charge in [-0.2, -0.15) is 0 Å². The minimum absolute atomic E-state index is 0.0314. The van der Waals surface area contributed by atoms with Crippen molar-refractivity contribution in [3.63, 3.8) is 0 Å². The first-order valence-electron chi connectivity index (χ1n) is 7.30. The van der Waals surface area contributed by atoms with Crippen molar-refractivity contribution in [3.05, 3.63) is 0 Å². The van der Waals surface area contributed by atoms with Crippen LogP contribution in [0.4, 0.5) is 0 Å². The zero-order chi connectivity index (χ0) is 14.3. The third-order valence-corrected chi connectivity index (χ3v) is 3.94. The summed E-state index contributed by atoms with van der Waals surface area (Å²) in [4.78, 5) is 12.4. The van der Waals surface area contributed by atoms with Crippen molar-refractivity contribution in [1.29, 1.82) is 0 Å². The maximum Gasteiger partial charge on any atom is 0.227 e. The average Bonchev–Trinajstić information content (AvgIpc) is 2.85. The van der Waals surface area contributed by atoms with Gasteiger partial charge in [0.25, 0.3) is 0 Å². The Morgan fingerprint density at radius 1 is 1.42 bits per heavy atom. The summed E-state index contributed by atoms with van der Waals surface area (Å²) in [6.45, 7) is 8.17. The lowest BCUT2D eigenvalue weighted by molar-refractivity contribution is -0.127. The first-order chi connectivity index (χ1) is 9.06.